The van der Waals surface area contributed by atoms with E-state index < -0.39 is 0 Å². The van der Waals surface area contributed by atoms with Crippen LogP contribution in [-0.4, -0.2) is 85.5 Å². The van der Waals surface area contributed by atoms with Crippen molar-refractivity contribution in [3.05, 3.63) is 35.4 Å². The van der Waals surface area contributed by atoms with Crippen molar-refractivity contribution in [1.82, 2.24) is 14.7 Å². The Balaban J connectivity index is 1.29. The van der Waals surface area contributed by atoms with Gasteiger partial charge in [0.1, 0.15) is 0 Å². The molecule has 3 aliphatic heterocycles. The maximum atomic E-state index is 12.8. The van der Waals surface area contributed by atoms with E-state index >= 15 is 0 Å². The smallest absolute Gasteiger partial charge is 0.253 e. The van der Waals surface area contributed by atoms with E-state index in [0.29, 0.717) is 6.54 Å². The lowest BCUT2D eigenvalue weighted by atomic mass is 9.76. The lowest BCUT2D eigenvalue weighted by molar-refractivity contribution is -0.134. The van der Waals surface area contributed by atoms with Gasteiger partial charge in [0.2, 0.25) is 5.91 Å². The summed E-state index contributed by atoms with van der Waals surface area (Å²) in [6.07, 6.45) is 3.25. The average molecular weight is 386 g/mol. The summed E-state index contributed by atoms with van der Waals surface area (Å²) in [5.41, 5.74) is 2.11. The highest BCUT2D eigenvalue weighted by Gasteiger charge is 2.43. The number of likely N-dealkylation sites (N-methyl/N-ethyl adjacent to an activating group) is 1. The largest absolute Gasteiger partial charge is 0.376 e. The number of carbonyl (C=O) groups excluding carboxylic acids is 2. The molecule has 3 saturated heterocycles. The summed E-state index contributed by atoms with van der Waals surface area (Å²) >= 11 is 0. The molecule has 3 fully saturated rings. The maximum Gasteiger partial charge on any atom is 0.253 e. The van der Waals surface area contributed by atoms with Crippen molar-refractivity contribution in [3.63, 3.8) is 0 Å². The van der Waals surface area contributed by atoms with Crippen LogP contribution < -0.4 is 0 Å². The number of rotatable bonds is 3. The average Bonchev–Trinajstić information content (AvgIpc) is 3.07. The maximum absolute atomic E-state index is 12.8. The fourth-order valence-corrected chi connectivity index (χ4v) is 4.76. The molecule has 0 unspecified atom stereocenters. The Bertz CT molecular complexity index is 742. The molecule has 1 aromatic carbocycles. The Hall–Kier alpha value is -1.92. The topological polar surface area (TPSA) is 53.1 Å². The van der Waals surface area contributed by atoms with Crippen molar-refractivity contribution in [2.75, 3.05) is 52.9 Å². The zero-order valence-corrected chi connectivity index (χ0v) is 17.0. The number of carbonyl (C=O) groups is 2. The number of benzene rings is 1. The SMILES string of the molecule is Cc1cccc(C(=O)N2CCC3(CC2)CO[C@H](CN2CCN(C)C(=O)C2)C3)c1. The van der Waals surface area contributed by atoms with Gasteiger partial charge in [-0.3, -0.25) is 14.5 Å². The molecule has 0 N–H and O–H groups in total. The summed E-state index contributed by atoms with van der Waals surface area (Å²) in [6, 6.07) is 7.85. The minimum atomic E-state index is 0.143. The molecule has 6 heteroatoms. The molecule has 4 rings (SSSR count). The third-order valence-corrected chi connectivity index (χ3v) is 6.66. The molecule has 0 saturated carbocycles. The first-order chi connectivity index (χ1) is 13.4. The predicted molar refractivity (Wildman–Crippen MR) is 107 cm³/mol. The summed E-state index contributed by atoms with van der Waals surface area (Å²) in [5.74, 6) is 0.340. The first-order valence-electron chi connectivity index (χ1n) is 10.4. The lowest BCUT2D eigenvalue weighted by Gasteiger charge is -2.38. The molecule has 0 aliphatic carbocycles. The van der Waals surface area contributed by atoms with Crippen molar-refractivity contribution < 1.29 is 14.3 Å². The van der Waals surface area contributed by atoms with Crippen molar-refractivity contribution in [2.45, 2.75) is 32.3 Å². The second-order valence-corrected chi connectivity index (χ2v) is 8.85. The van der Waals surface area contributed by atoms with Crippen LogP contribution in [0.25, 0.3) is 0 Å². The van der Waals surface area contributed by atoms with Crippen molar-refractivity contribution >= 4 is 11.8 Å². The summed E-state index contributed by atoms with van der Waals surface area (Å²) in [7, 11) is 1.87. The number of piperidine rings is 1. The molecule has 1 spiro atoms. The molecule has 0 bridgehead atoms. The number of likely N-dealkylation sites (tertiary alicyclic amines) is 1. The molecular weight excluding hydrogens is 354 g/mol. The second-order valence-electron chi connectivity index (χ2n) is 8.85. The number of aryl methyl sites for hydroxylation is 1. The fourth-order valence-electron chi connectivity index (χ4n) is 4.76. The van der Waals surface area contributed by atoms with Gasteiger partial charge in [0, 0.05) is 45.3 Å². The number of hydrogen-bond acceptors (Lipinski definition) is 4. The Kier molecular flexibility index (Phi) is 5.43. The quantitative estimate of drug-likeness (QED) is 0.796. The number of nitrogens with zero attached hydrogens (tertiary/aromatic N) is 3. The predicted octanol–water partition coefficient (Wildman–Crippen LogP) is 1.78. The standard InChI is InChI=1S/C22H31N3O3/c1-17-4-3-5-18(12-17)21(27)25-8-6-22(7-9-25)13-19(28-16-22)14-24-11-10-23(2)20(26)15-24/h3-5,12,19H,6-11,13-16H2,1-2H3/t19-/m0/s1. The normalized spacial score (nSPS) is 25.5. The van der Waals surface area contributed by atoms with Crippen LogP contribution in [0.4, 0.5) is 0 Å². The van der Waals surface area contributed by atoms with E-state index in [2.05, 4.69) is 4.90 Å². The molecule has 3 aliphatic rings. The van der Waals surface area contributed by atoms with Gasteiger partial charge in [0.05, 0.1) is 19.3 Å². The number of hydrogen-bond donors (Lipinski definition) is 0. The van der Waals surface area contributed by atoms with Gasteiger partial charge in [0.15, 0.2) is 0 Å². The van der Waals surface area contributed by atoms with Crippen LogP contribution in [0, 0.1) is 12.3 Å². The van der Waals surface area contributed by atoms with Crippen molar-refractivity contribution in [1.29, 1.82) is 0 Å². The van der Waals surface area contributed by atoms with Crippen molar-refractivity contribution in [2.24, 2.45) is 5.41 Å². The highest BCUT2D eigenvalue weighted by molar-refractivity contribution is 5.94. The minimum absolute atomic E-state index is 0.143. The van der Waals surface area contributed by atoms with E-state index in [-0.39, 0.29) is 23.3 Å². The molecule has 152 valence electrons. The molecule has 0 radical (unpaired) electrons. The zero-order valence-electron chi connectivity index (χ0n) is 17.0. The van der Waals surface area contributed by atoms with Gasteiger partial charge in [-0.25, -0.2) is 0 Å². The van der Waals surface area contributed by atoms with Crippen molar-refractivity contribution in [3.8, 4) is 0 Å². The van der Waals surface area contributed by atoms with Gasteiger partial charge >= 0.3 is 0 Å². The van der Waals surface area contributed by atoms with E-state index in [4.69, 9.17) is 4.74 Å². The molecule has 28 heavy (non-hydrogen) atoms. The molecular formula is C22H31N3O3. The van der Waals surface area contributed by atoms with Crippen LogP contribution in [0.15, 0.2) is 24.3 Å². The fraction of sp³-hybridized carbons (Fsp3) is 0.636. The lowest BCUT2D eigenvalue weighted by Crippen LogP contribution is -2.50. The van der Waals surface area contributed by atoms with Crippen LogP contribution in [0.1, 0.15) is 35.2 Å². The number of amides is 2. The summed E-state index contributed by atoms with van der Waals surface area (Å²) in [6.45, 7) is 7.47. The van der Waals surface area contributed by atoms with E-state index in [1.807, 2.05) is 43.1 Å². The molecule has 1 aromatic rings. The van der Waals surface area contributed by atoms with Gasteiger partial charge in [-0.15, -0.1) is 0 Å². The molecule has 6 nitrogen and oxygen atoms in total. The minimum Gasteiger partial charge on any atom is -0.376 e. The van der Waals surface area contributed by atoms with Crippen LogP contribution >= 0.6 is 0 Å². The van der Waals surface area contributed by atoms with Crippen LogP contribution in [-0.2, 0) is 9.53 Å². The summed E-state index contributed by atoms with van der Waals surface area (Å²) in [4.78, 5) is 30.7. The molecule has 2 amide bonds. The highest BCUT2D eigenvalue weighted by Crippen LogP contribution is 2.42. The molecule has 1 atom stereocenters. The van der Waals surface area contributed by atoms with E-state index in [1.54, 1.807) is 4.90 Å². The highest BCUT2D eigenvalue weighted by atomic mass is 16.5. The van der Waals surface area contributed by atoms with E-state index in [9.17, 15) is 9.59 Å². The number of piperazine rings is 1. The monoisotopic (exact) mass is 385 g/mol. The second kappa shape index (κ2) is 7.84. The first kappa shape index (κ1) is 19.4. The summed E-state index contributed by atoms with van der Waals surface area (Å²) < 4.78 is 6.14. The Labute approximate surface area is 167 Å². The van der Waals surface area contributed by atoms with Gasteiger partial charge in [0.25, 0.3) is 5.91 Å². The van der Waals surface area contributed by atoms with Gasteiger partial charge in [-0.05, 0) is 43.7 Å². The van der Waals surface area contributed by atoms with E-state index in [1.165, 1.54) is 0 Å². The Morgan fingerprint density at radius 3 is 2.71 bits per heavy atom. The summed E-state index contributed by atoms with van der Waals surface area (Å²) in [5, 5.41) is 0. The van der Waals surface area contributed by atoms with Gasteiger partial charge in [-0.2, -0.15) is 0 Å². The third-order valence-electron chi connectivity index (χ3n) is 6.66. The molecule has 3 heterocycles. The molecule has 0 aromatic heterocycles. The third kappa shape index (κ3) is 4.08. The number of ether oxygens (including phenoxy) is 1. The Morgan fingerprint density at radius 2 is 2.00 bits per heavy atom. The Morgan fingerprint density at radius 1 is 1.21 bits per heavy atom. The van der Waals surface area contributed by atoms with Gasteiger partial charge in [-0.1, -0.05) is 17.7 Å². The van der Waals surface area contributed by atoms with Crippen LogP contribution in [0.3, 0.4) is 0 Å². The zero-order chi connectivity index (χ0) is 19.7. The van der Waals surface area contributed by atoms with E-state index in [0.717, 1.165) is 69.7 Å². The first-order valence-corrected chi connectivity index (χ1v) is 10.4. The van der Waals surface area contributed by atoms with Crippen LogP contribution in [0.5, 0.6) is 0 Å². The van der Waals surface area contributed by atoms with Crippen LogP contribution in [0.2, 0.25) is 0 Å². The van der Waals surface area contributed by atoms with Gasteiger partial charge < -0.3 is 14.5 Å².